The van der Waals surface area contributed by atoms with E-state index in [0.717, 1.165) is 35.4 Å². The van der Waals surface area contributed by atoms with Crippen LogP contribution in [-0.2, 0) is 4.79 Å². The zero-order valence-corrected chi connectivity index (χ0v) is 19.9. The Morgan fingerprint density at radius 1 is 1.29 bits per heavy atom. The highest BCUT2D eigenvalue weighted by molar-refractivity contribution is 5.96. The number of hydrogen-bond donors (Lipinski definition) is 1. The molecular weight excluding hydrogens is 430 g/mol. The summed E-state index contributed by atoms with van der Waals surface area (Å²) < 4.78 is 3.63. The first-order chi connectivity index (χ1) is 16.2. The molecule has 9 heteroatoms. The van der Waals surface area contributed by atoms with E-state index in [-0.39, 0.29) is 11.9 Å². The molecule has 1 fully saturated rings. The van der Waals surface area contributed by atoms with Gasteiger partial charge in [-0.3, -0.25) is 4.57 Å². The molecule has 4 heterocycles. The van der Waals surface area contributed by atoms with Crippen molar-refractivity contribution in [3.05, 3.63) is 42.0 Å². The molecule has 1 N–H and O–H groups in total. The number of carbonyl (C=O) groups excluding carboxylic acids is 1. The smallest absolute Gasteiger partial charge is 0.376 e. The second-order valence-electron chi connectivity index (χ2n) is 9.83. The van der Waals surface area contributed by atoms with E-state index in [9.17, 15) is 15.2 Å². The van der Waals surface area contributed by atoms with Gasteiger partial charge in [0.2, 0.25) is 0 Å². The topological polar surface area (TPSA) is 111 Å². The van der Waals surface area contributed by atoms with Crippen molar-refractivity contribution in [3.8, 4) is 11.9 Å². The van der Waals surface area contributed by atoms with Crippen molar-refractivity contribution >= 4 is 28.5 Å². The van der Waals surface area contributed by atoms with Crippen molar-refractivity contribution in [3.63, 3.8) is 0 Å². The van der Waals surface area contributed by atoms with E-state index in [4.69, 9.17) is 4.98 Å². The summed E-state index contributed by atoms with van der Waals surface area (Å²) in [7, 11) is 0. The lowest BCUT2D eigenvalue weighted by molar-refractivity contribution is -0.465. The minimum atomic E-state index is -1.42. The first-order valence-corrected chi connectivity index (χ1v) is 11.5. The zero-order valence-electron chi connectivity index (χ0n) is 19.9. The van der Waals surface area contributed by atoms with E-state index in [1.165, 1.54) is 19.4 Å². The SMILES string of the molecule is CC1=[N+](C(=O)C(C)(C)O)C[C@H](C)N(c2ncnc3c2c(C2CC2)cn3-c2cc(C#N)ccn2)C1. The molecule has 0 spiro atoms. The largest absolute Gasteiger partial charge is 0.418 e. The molecule has 0 radical (unpaired) electrons. The molecule has 34 heavy (non-hydrogen) atoms. The number of nitriles is 1. The van der Waals surface area contributed by atoms with Gasteiger partial charge in [-0.1, -0.05) is 0 Å². The fraction of sp³-hybridized carbons (Fsp3) is 0.440. The number of hydrogen-bond acceptors (Lipinski definition) is 7. The van der Waals surface area contributed by atoms with Crippen LogP contribution in [0.5, 0.6) is 0 Å². The summed E-state index contributed by atoms with van der Waals surface area (Å²) in [6, 6.07) is 5.62. The molecule has 5 rings (SSSR count). The van der Waals surface area contributed by atoms with Crippen molar-refractivity contribution in [2.24, 2.45) is 0 Å². The second kappa shape index (κ2) is 7.99. The van der Waals surface area contributed by atoms with Gasteiger partial charge in [0.1, 0.15) is 24.5 Å². The number of carbonyl (C=O) groups is 1. The average molecular weight is 459 g/mol. The first kappa shape index (κ1) is 22.2. The molecule has 9 nitrogen and oxygen atoms in total. The number of fused-ring (bicyclic) bond motifs is 1. The Bertz CT molecular complexity index is 1370. The molecule has 3 aromatic rings. The zero-order chi connectivity index (χ0) is 24.2. The van der Waals surface area contributed by atoms with Crippen LogP contribution in [0.25, 0.3) is 16.9 Å². The summed E-state index contributed by atoms with van der Waals surface area (Å²) in [5.74, 6) is 1.64. The number of nitrogens with zero attached hydrogens (tertiary/aromatic N) is 7. The lowest BCUT2D eigenvalue weighted by atomic mass is 10.1. The van der Waals surface area contributed by atoms with Crippen LogP contribution < -0.4 is 4.90 Å². The van der Waals surface area contributed by atoms with Crippen molar-refractivity contribution in [1.29, 1.82) is 5.26 Å². The molecule has 174 valence electrons. The van der Waals surface area contributed by atoms with Crippen LogP contribution in [0.15, 0.2) is 30.9 Å². The highest BCUT2D eigenvalue weighted by Crippen LogP contribution is 2.46. The molecule has 1 atom stereocenters. The summed E-state index contributed by atoms with van der Waals surface area (Å²) in [6.07, 6.45) is 7.52. The Labute approximate surface area is 198 Å². The van der Waals surface area contributed by atoms with Gasteiger partial charge >= 0.3 is 5.91 Å². The fourth-order valence-corrected chi connectivity index (χ4v) is 4.67. The van der Waals surface area contributed by atoms with Crippen LogP contribution in [0.2, 0.25) is 0 Å². The number of amides is 1. The van der Waals surface area contributed by atoms with Crippen molar-refractivity contribution in [2.75, 3.05) is 18.0 Å². The van der Waals surface area contributed by atoms with E-state index in [2.05, 4.69) is 34.1 Å². The van der Waals surface area contributed by atoms with Gasteiger partial charge in [-0.15, -0.1) is 0 Å². The summed E-state index contributed by atoms with van der Waals surface area (Å²) in [6.45, 7) is 8.01. The van der Waals surface area contributed by atoms with Gasteiger partial charge in [-0.25, -0.2) is 19.7 Å². The molecular formula is C25H28N7O2+. The monoisotopic (exact) mass is 458 g/mol. The quantitative estimate of drug-likeness (QED) is 0.598. The molecule has 2 aliphatic rings. The Hall–Kier alpha value is -3.64. The number of anilines is 1. The highest BCUT2D eigenvalue weighted by Gasteiger charge is 2.41. The van der Waals surface area contributed by atoms with E-state index in [0.29, 0.717) is 30.4 Å². The fourth-order valence-electron chi connectivity index (χ4n) is 4.67. The minimum Gasteiger partial charge on any atom is -0.376 e. The maximum Gasteiger partial charge on any atom is 0.418 e. The number of pyridine rings is 1. The van der Waals surface area contributed by atoms with E-state index in [1.807, 2.05) is 11.5 Å². The van der Waals surface area contributed by atoms with Crippen LogP contribution in [0.1, 0.15) is 57.6 Å². The normalized spacial score (nSPS) is 18.9. The van der Waals surface area contributed by atoms with Gasteiger partial charge < -0.3 is 10.0 Å². The van der Waals surface area contributed by atoms with Crippen molar-refractivity contribution < 1.29 is 14.5 Å². The average Bonchev–Trinajstić information content (AvgIpc) is 3.59. The third kappa shape index (κ3) is 3.74. The summed E-state index contributed by atoms with van der Waals surface area (Å²) in [5.41, 5.74) is 1.93. The Kier molecular flexibility index (Phi) is 5.21. The standard InChI is InChI=1S/C25H28N7O2/c1-15-12-31(24(33)25(3,4)34)16(2)11-30(15)22-21-19(18-5-6-18)13-32(23(21)29-14-28-22)20-9-17(10-26)7-8-27-20/h7-9,13-15,18,34H,5-6,11-12H2,1-4H3/q+1/t15-/m0/s1. The number of rotatable bonds is 4. The molecule has 1 aliphatic carbocycles. The van der Waals surface area contributed by atoms with Crippen LogP contribution >= 0.6 is 0 Å². The van der Waals surface area contributed by atoms with Gasteiger partial charge in [0.05, 0.1) is 23.1 Å². The Balaban J connectivity index is 1.63. The third-order valence-corrected chi connectivity index (χ3v) is 6.61. The molecule has 0 bridgehead atoms. The van der Waals surface area contributed by atoms with Gasteiger partial charge in [-0.2, -0.15) is 9.84 Å². The van der Waals surface area contributed by atoms with Crippen LogP contribution in [0.3, 0.4) is 0 Å². The van der Waals surface area contributed by atoms with Crippen molar-refractivity contribution in [1.82, 2.24) is 19.5 Å². The van der Waals surface area contributed by atoms with Gasteiger partial charge in [-0.05, 0) is 57.2 Å². The van der Waals surface area contributed by atoms with Crippen LogP contribution in [0, 0.1) is 11.3 Å². The van der Waals surface area contributed by atoms with Gasteiger partial charge in [0.15, 0.2) is 23.5 Å². The second-order valence-corrected chi connectivity index (χ2v) is 9.83. The maximum absolute atomic E-state index is 12.8. The van der Waals surface area contributed by atoms with E-state index in [1.54, 1.807) is 29.2 Å². The molecule has 3 aromatic heterocycles. The molecule has 0 unspecified atom stereocenters. The summed E-state index contributed by atoms with van der Waals surface area (Å²) in [5, 5.41) is 20.6. The Morgan fingerprint density at radius 3 is 2.74 bits per heavy atom. The highest BCUT2D eigenvalue weighted by atomic mass is 16.3. The Morgan fingerprint density at radius 2 is 2.06 bits per heavy atom. The van der Waals surface area contributed by atoms with E-state index < -0.39 is 5.60 Å². The predicted molar refractivity (Wildman–Crippen MR) is 127 cm³/mol. The molecule has 1 saturated carbocycles. The number of aliphatic hydroxyl groups is 1. The lowest BCUT2D eigenvalue weighted by Gasteiger charge is -2.33. The van der Waals surface area contributed by atoms with Crippen molar-refractivity contribution in [2.45, 2.75) is 58.1 Å². The van der Waals surface area contributed by atoms with Gasteiger partial charge in [0, 0.05) is 19.3 Å². The van der Waals surface area contributed by atoms with E-state index >= 15 is 0 Å². The molecule has 0 saturated heterocycles. The number of aromatic nitrogens is 4. The van der Waals surface area contributed by atoms with Crippen LogP contribution in [-0.4, -0.2) is 65.6 Å². The maximum atomic E-state index is 12.8. The summed E-state index contributed by atoms with van der Waals surface area (Å²) in [4.78, 5) is 28.8. The lowest BCUT2D eigenvalue weighted by Crippen LogP contribution is -2.55. The molecule has 1 amide bonds. The van der Waals surface area contributed by atoms with Crippen LogP contribution in [0.4, 0.5) is 5.82 Å². The third-order valence-electron chi connectivity index (χ3n) is 6.61. The molecule has 1 aliphatic heterocycles. The minimum absolute atomic E-state index is 0.0106. The molecule has 0 aromatic carbocycles. The predicted octanol–water partition coefficient (Wildman–Crippen LogP) is 2.54. The van der Waals surface area contributed by atoms with Gasteiger partial charge in [0.25, 0.3) is 0 Å². The summed E-state index contributed by atoms with van der Waals surface area (Å²) >= 11 is 0. The first-order valence-electron chi connectivity index (χ1n) is 11.5.